The molecule has 1 heterocycles. The zero-order valence-corrected chi connectivity index (χ0v) is 22.0. The van der Waals surface area contributed by atoms with Crippen LogP contribution in [0.3, 0.4) is 0 Å². The number of likely N-dealkylation sites (N-methyl/N-ethyl adjacent to an activating group) is 1. The van der Waals surface area contributed by atoms with Crippen LogP contribution in [0.5, 0.6) is 5.75 Å². The predicted octanol–water partition coefficient (Wildman–Crippen LogP) is 3.66. The van der Waals surface area contributed by atoms with Crippen LogP contribution in [0.2, 0.25) is 0 Å². The van der Waals surface area contributed by atoms with Gasteiger partial charge in [-0.2, -0.15) is 0 Å². The second-order valence-corrected chi connectivity index (χ2v) is 10.2. The number of hydrogen-bond acceptors (Lipinski definition) is 6. The molecule has 1 aromatic rings. The number of nitrogens with one attached hydrogen (secondary N) is 1. The van der Waals surface area contributed by atoms with E-state index in [-0.39, 0.29) is 36.5 Å². The maximum Gasteiger partial charge on any atom is 0.257 e. The number of anilines is 1. The van der Waals surface area contributed by atoms with E-state index < -0.39 is 0 Å². The van der Waals surface area contributed by atoms with Crippen LogP contribution in [-0.4, -0.2) is 87.9 Å². The van der Waals surface area contributed by atoms with Gasteiger partial charge in [0.25, 0.3) is 5.91 Å². The molecule has 1 saturated carbocycles. The fourth-order valence-electron chi connectivity index (χ4n) is 5.21. The Kier molecular flexibility index (Phi) is 10.4. The first-order valence-electron chi connectivity index (χ1n) is 12.9. The Labute approximate surface area is 210 Å². The molecule has 0 aromatic heterocycles. The maximum atomic E-state index is 13.4. The summed E-state index contributed by atoms with van der Waals surface area (Å²) in [5.41, 5.74) is 0.962. The third-order valence-electron chi connectivity index (χ3n) is 7.35. The summed E-state index contributed by atoms with van der Waals surface area (Å²) in [7, 11) is 4.98. The highest BCUT2D eigenvalue weighted by atomic mass is 16.5. The third-order valence-corrected chi connectivity index (χ3v) is 7.35. The summed E-state index contributed by atoms with van der Waals surface area (Å²) >= 11 is 0. The van der Waals surface area contributed by atoms with Crippen LogP contribution in [0, 0.1) is 11.8 Å². The topological polar surface area (TPSA) is 80.3 Å². The molecule has 1 aliphatic carbocycles. The van der Waals surface area contributed by atoms with Crippen LogP contribution in [0.15, 0.2) is 18.2 Å². The highest BCUT2D eigenvalue weighted by molar-refractivity contribution is 5.99. The van der Waals surface area contributed by atoms with Crippen molar-refractivity contribution in [3.63, 3.8) is 0 Å². The molecule has 8 nitrogen and oxygen atoms in total. The summed E-state index contributed by atoms with van der Waals surface area (Å²) in [6.07, 6.45) is 6.50. The van der Waals surface area contributed by atoms with Crippen LogP contribution in [-0.2, 0) is 14.3 Å². The van der Waals surface area contributed by atoms with Gasteiger partial charge in [-0.05, 0) is 49.8 Å². The van der Waals surface area contributed by atoms with Gasteiger partial charge in [0, 0.05) is 52.6 Å². The smallest absolute Gasteiger partial charge is 0.257 e. The van der Waals surface area contributed by atoms with Crippen molar-refractivity contribution in [2.24, 2.45) is 11.8 Å². The van der Waals surface area contributed by atoms with Crippen molar-refractivity contribution in [2.45, 2.75) is 58.1 Å². The first-order valence-corrected chi connectivity index (χ1v) is 12.9. The lowest BCUT2D eigenvalue weighted by molar-refractivity contribution is -0.119. The number of benzene rings is 1. The van der Waals surface area contributed by atoms with E-state index >= 15 is 0 Å². The molecular weight excluding hydrogens is 446 g/mol. The van der Waals surface area contributed by atoms with Gasteiger partial charge in [-0.15, -0.1) is 0 Å². The van der Waals surface area contributed by atoms with Crippen molar-refractivity contribution in [3.05, 3.63) is 23.8 Å². The Morgan fingerprint density at radius 3 is 2.57 bits per heavy atom. The van der Waals surface area contributed by atoms with Crippen LogP contribution >= 0.6 is 0 Å². The molecule has 0 bridgehead atoms. The standard InChI is InChI=1S/C27H43N3O5/c1-19-14-30(15-21-9-7-6-8-10-21)20(2)17-35-24-12-11-22(28-26(31)18-33-4)13-23(24)27(32)29(3)16-25(19)34-5/h11-13,19-21,25H,6-10,14-18H2,1-5H3,(H,28,31)/t19-,20-,25+/m0/s1. The van der Waals surface area contributed by atoms with Crippen molar-refractivity contribution in [2.75, 3.05) is 59.4 Å². The molecule has 1 fully saturated rings. The minimum atomic E-state index is -0.275. The Balaban J connectivity index is 1.87. The first-order chi connectivity index (χ1) is 16.8. The normalized spacial score (nSPS) is 25.2. The van der Waals surface area contributed by atoms with Crippen molar-refractivity contribution in [1.82, 2.24) is 9.80 Å². The predicted molar refractivity (Wildman–Crippen MR) is 137 cm³/mol. The van der Waals surface area contributed by atoms with Crippen molar-refractivity contribution >= 4 is 17.5 Å². The van der Waals surface area contributed by atoms with E-state index in [2.05, 4.69) is 24.1 Å². The Hall–Kier alpha value is -2.16. The van der Waals surface area contributed by atoms with E-state index in [9.17, 15) is 9.59 Å². The summed E-state index contributed by atoms with van der Waals surface area (Å²) < 4.78 is 17.0. The van der Waals surface area contributed by atoms with E-state index in [1.165, 1.54) is 39.2 Å². The van der Waals surface area contributed by atoms with Crippen molar-refractivity contribution in [3.8, 4) is 5.75 Å². The van der Waals surface area contributed by atoms with Gasteiger partial charge >= 0.3 is 0 Å². The quantitative estimate of drug-likeness (QED) is 0.657. The van der Waals surface area contributed by atoms with E-state index in [1.54, 1.807) is 37.3 Å². The van der Waals surface area contributed by atoms with E-state index in [0.29, 0.717) is 30.2 Å². The molecule has 0 radical (unpaired) electrons. The second-order valence-electron chi connectivity index (χ2n) is 10.2. The number of ether oxygens (including phenoxy) is 3. The minimum Gasteiger partial charge on any atom is -0.491 e. The lowest BCUT2D eigenvalue weighted by Gasteiger charge is -2.38. The molecular formula is C27H43N3O5. The molecule has 2 amide bonds. The fourth-order valence-corrected chi connectivity index (χ4v) is 5.21. The molecule has 1 N–H and O–H groups in total. The fraction of sp³-hybridized carbons (Fsp3) is 0.704. The Bertz CT molecular complexity index is 842. The van der Waals surface area contributed by atoms with Gasteiger partial charge in [0.15, 0.2) is 0 Å². The maximum absolute atomic E-state index is 13.4. The number of fused-ring (bicyclic) bond motifs is 1. The van der Waals surface area contributed by atoms with E-state index in [0.717, 1.165) is 19.0 Å². The van der Waals surface area contributed by atoms with Crippen LogP contribution < -0.4 is 10.1 Å². The molecule has 2 aliphatic rings. The zero-order chi connectivity index (χ0) is 25.4. The summed E-state index contributed by atoms with van der Waals surface area (Å²) in [6, 6.07) is 5.40. The van der Waals surface area contributed by atoms with E-state index in [1.807, 2.05) is 0 Å². The largest absolute Gasteiger partial charge is 0.491 e. The number of hydrogen-bond donors (Lipinski definition) is 1. The number of carbonyl (C=O) groups excluding carboxylic acids is 2. The van der Waals surface area contributed by atoms with Gasteiger partial charge in [-0.1, -0.05) is 26.2 Å². The third kappa shape index (κ3) is 7.66. The van der Waals surface area contributed by atoms with Crippen molar-refractivity contribution in [1.29, 1.82) is 0 Å². The molecule has 1 aliphatic heterocycles. The van der Waals surface area contributed by atoms with Crippen LogP contribution in [0.1, 0.15) is 56.3 Å². The van der Waals surface area contributed by atoms with Gasteiger partial charge in [-0.25, -0.2) is 0 Å². The summed E-state index contributed by atoms with van der Waals surface area (Å²) in [6.45, 7) is 7.28. The molecule has 35 heavy (non-hydrogen) atoms. The zero-order valence-electron chi connectivity index (χ0n) is 22.0. The molecule has 8 heteroatoms. The number of rotatable bonds is 6. The summed E-state index contributed by atoms with van der Waals surface area (Å²) in [4.78, 5) is 29.7. The second kappa shape index (κ2) is 13.2. The van der Waals surface area contributed by atoms with Gasteiger partial charge in [0.05, 0.1) is 11.7 Å². The van der Waals surface area contributed by atoms with Gasteiger partial charge in [-0.3, -0.25) is 14.5 Å². The summed E-state index contributed by atoms with van der Waals surface area (Å²) in [5, 5.41) is 2.78. The number of carbonyl (C=O) groups is 2. The summed E-state index contributed by atoms with van der Waals surface area (Å²) in [5.74, 6) is 1.06. The van der Waals surface area contributed by atoms with Gasteiger partial charge in [0.1, 0.15) is 19.0 Å². The Morgan fingerprint density at radius 1 is 1.14 bits per heavy atom. The lowest BCUT2D eigenvalue weighted by atomic mass is 9.88. The molecule has 3 rings (SSSR count). The number of nitrogens with zero attached hydrogens (tertiary/aromatic N) is 2. The van der Waals surface area contributed by atoms with Crippen molar-refractivity contribution < 1.29 is 23.8 Å². The minimum absolute atomic E-state index is 0.0524. The highest BCUT2D eigenvalue weighted by Crippen LogP contribution is 2.28. The van der Waals surface area contributed by atoms with Gasteiger partial charge in [0.2, 0.25) is 5.91 Å². The van der Waals surface area contributed by atoms with Gasteiger partial charge < -0.3 is 24.4 Å². The molecule has 0 unspecified atom stereocenters. The molecule has 0 spiro atoms. The molecule has 3 atom stereocenters. The number of methoxy groups -OCH3 is 2. The lowest BCUT2D eigenvalue weighted by Crippen LogP contribution is -2.48. The van der Waals surface area contributed by atoms with E-state index in [4.69, 9.17) is 14.2 Å². The monoisotopic (exact) mass is 489 g/mol. The molecule has 1 aromatic carbocycles. The SMILES string of the molecule is COCC(=O)Nc1ccc2c(c1)C(=O)N(C)C[C@@H](OC)[C@@H](C)CN(CC1CCCCC1)[C@@H](C)CO2. The average Bonchev–Trinajstić information content (AvgIpc) is 2.85. The number of amides is 2. The Morgan fingerprint density at radius 2 is 1.89 bits per heavy atom. The molecule has 0 saturated heterocycles. The highest BCUT2D eigenvalue weighted by Gasteiger charge is 2.29. The average molecular weight is 490 g/mol. The van der Waals surface area contributed by atoms with Crippen LogP contribution in [0.25, 0.3) is 0 Å². The molecule has 196 valence electrons. The first kappa shape index (κ1) is 27.4. The van der Waals surface area contributed by atoms with Crippen LogP contribution in [0.4, 0.5) is 5.69 Å².